The minimum absolute atomic E-state index is 0.365. The van der Waals surface area contributed by atoms with Gasteiger partial charge in [0.1, 0.15) is 5.82 Å². The van der Waals surface area contributed by atoms with Crippen LogP contribution in [0.15, 0.2) is 39.8 Å². The van der Waals surface area contributed by atoms with Crippen LogP contribution in [0.1, 0.15) is 6.92 Å². The lowest BCUT2D eigenvalue weighted by Gasteiger charge is -1.94. The van der Waals surface area contributed by atoms with E-state index in [0.717, 1.165) is 0 Å². The van der Waals surface area contributed by atoms with E-state index in [9.17, 15) is 9.18 Å². The Morgan fingerprint density at radius 1 is 1.47 bits per heavy atom. The lowest BCUT2D eigenvalue weighted by molar-refractivity contribution is 0.260. The van der Waals surface area contributed by atoms with Gasteiger partial charge in [-0.2, -0.15) is 0 Å². The van der Waals surface area contributed by atoms with E-state index in [2.05, 4.69) is 0 Å². The van der Waals surface area contributed by atoms with Crippen molar-refractivity contribution in [3.8, 4) is 11.1 Å². The average molecular weight is 207 g/mol. The Morgan fingerprint density at radius 2 is 2.27 bits per heavy atom. The van der Waals surface area contributed by atoms with Gasteiger partial charge in [-0.3, -0.25) is 0 Å². The van der Waals surface area contributed by atoms with Crippen LogP contribution in [0.25, 0.3) is 11.1 Å². The molecule has 2 aromatic rings. The van der Waals surface area contributed by atoms with Gasteiger partial charge < -0.3 is 4.52 Å². The summed E-state index contributed by atoms with van der Waals surface area (Å²) in [6.07, 6.45) is 1.58. The third-order valence-electron chi connectivity index (χ3n) is 2.14. The van der Waals surface area contributed by atoms with Gasteiger partial charge in [0.25, 0.3) is 0 Å². The second kappa shape index (κ2) is 3.73. The molecule has 0 saturated carbocycles. The van der Waals surface area contributed by atoms with E-state index in [0.29, 0.717) is 17.7 Å². The number of benzene rings is 1. The molecule has 0 aliphatic rings. The Labute approximate surface area is 85.7 Å². The molecule has 0 atom stereocenters. The minimum Gasteiger partial charge on any atom is -0.336 e. The van der Waals surface area contributed by atoms with Gasteiger partial charge >= 0.3 is 5.63 Å². The molecule has 15 heavy (non-hydrogen) atoms. The molecule has 4 heteroatoms. The largest absolute Gasteiger partial charge is 0.365 e. The predicted molar refractivity (Wildman–Crippen MR) is 54.0 cm³/mol. The number of aromatic nitrogens is 1. The lowest BCUT2D eigenvalue weighted by atomic mass is 10.1. The second-order valence-electron chi connectivity index (χ2n) is 3.17. The van der Waals surface area contributed by atoms with Crippen molar-refractivity contribution in [1.82, 2.24) is 4.74 Å². The van der Waals surface area contributed by atoms with Crippen molar-refractivity contribution in [3.63, 3.8) is 0 Å². The molecular formula is C11H10FNO2. The Hall–Kier alpha value is -1.84. The van der Waals surface area contributed by atoms with Crippen molar-refractivity contribution in [2.75, 3.05) is 0 Å². The van der Waals surface area contributed by atoms with E-state index in [1.807, 2.05) is 6.92 Å². The van der Waals surface area contributed by atoms with Gasteiger partial charge in [-0.1, -0.05) is 12.1 Å². The summed E-state index contributed by atoms with van der Waals surface area (Å²) in [6.45, 7) is 2.43. The molecule has 0 N–H and O–H groups in total. The van der Waals surface area contributed by atoms with Crippen LogP contribution < -0.4 is 5.63 Å². The molecule has 0 unspecified atom stereocenters. The molecule has 3 nitrogen and oxygen atoms in total. The maximum absolute atomic E-state index is 12.9. The van der Waals surface area contributed by atoms with E-state index in [1.165, 1.54) is 16.9 Å². The van der Waals surface area contributed by atoms with Crippen LogP contribution in [0.2, 0.25) is 0 Å². The molecule has 2 rings (SSSR count). The zero-order valence-corrected chi connectivity index (χ0v) is 8.24. The van der Waals surface area contributed by atoms with Crippen LogP contribution in [0.4, 0.5) is 4.39 Å². The summed E-state index contributed by atoms with van der Waals surface area (Å²) < 4.78 is 19.2. The van der Waals surface area contributed by atoms with Gasteiger partial charge in [-0.25, -0.2) is 13.9 Å². The van der Waals surface area contributed by atoms with Crippen molar-refractivity contribution >= 4 is 0 Å². The molecule has 0 amide bonds. The normalized spacial score (nSPS) is 10.5. The number of aryl methyl sites for hydroxylation is 1. The van der Waals surface area contributed by atoms with Crippen LogP contribution >= 0.6 is 0 Å². The van der Waals surface area contributed by atoms with Crippen LogP contribution in [0.3, 0.4) is 0 Å². The topological polar surface area (TPSA) is 35.1 Å². The van der Waals surface area contributed by atoms with Crippen molar-refractivity contribution in [1.29, 1.82) is 0 Å². The summed E-state index contributed by atoms with van der Waals surface area (Å²) in [4.78, 5) is 11.4. The smallest absolute Gasteiger partial charge is 0.336 e. The van der Waals surface area contributed by atoms with E-state index >= 15 is 0 Å². The van der Waals surface area contributed by atoms with Gasteiger partial charge in [0.05, 0.1) is 18.3 Å². The van der Waals surface area contributed by atoms with Crippen molar-refractivity contribution < 1.29 is 8.91 Å². The van der Waals surface area contributed by atoms with Gasteiger partial charge in [0.2, 0.25) is 0 Å². The molecule has 0 aliphatic carbocycles. The Kier molecular flexibility index (Phi) is 2.41. The number of hydrogen-bond acceptors (Lipinski definition) is 2. The summed E-state index contributed by atoms with van der Waals surface area (Å²) in [5.74, 6) is -0.365. The minimum atomic E-state index is -0.442. The summed E-state index contributed by atoms with van der Waals surface area (Å²) >= 11 is 0. The highest BCUT2D eigenvalue weighted by atomic mass is 19.1. The molecule has 1 heterocycles. The molecule has 0 fully saturated rings. The van der Waals surface area contributed by atoms with E-state index in [1.54, 1.807) is 18.3 Å². The summed E-state index contributed by atoms with van der Waals surface area (Å²) in [7, 11) is 0. The van der Waals surface area contributed by atoms with E-state index in [4.69, 9.17) is 4.52 Å². The quantitative estimate of drug-likeness (QED) is 0.757. The zero-order valence-electron chi connectivity index (χ0n) is 8.24. The fourth-order valence-electron chi connectivity index (χ4n) is 1.38. The Morgan fingerprint density at radius 3 is 2.87 bits per heavy atom. The van der Waals surface area contributed by atoms with Gasteiger partial charge in [0.15, 0.2) is 0 Å². The summed E-state index contributed by atoms with van der Waals surface area (Å²) in [6, 6.07) is 5.89. The monoisotopic (exact) mass is 207 g/mol. The second-order valence-corrected chi connectivity index (χ2v) is 3.17. The molecular weight excluding hydrogens is 197 g/mol. The molecule has 0 bridgehead atoms. The van der Waals surface area contributed by atoms with Gasteiger partial charge in [-0.15, -0.1) is 0 Å². The van der Waals surface area contributed by atoms with Crippen LogP contribution in [-0.4, -0.2) is 4.74 Å². The maximum atomic E-state index is 12.9. The number of nitrogens with zero attached hydrogens (tertiary/aromatic N) is 1. The predicted octanol–water partition coefficient (Wildman–Crippen LogP) is 2.27. The van der Waals surface area contributed by atoms with Crippen molar-refractivity contribution in [2.24, 2.45) is 0 Å². The van der Waals surface area contributed by atoms with E-state index in [-0.39, 0.29) is 5.82 Å². The van der Waals surface area contributed by atoms with E-state index < -0.39 is 5.63 Å². The highest BCUT2D eigenvalue weighted by Crippen LogP contribution is 2.16. The molecule has 0 radical (unpaired) electrons. The van der Waals surface area contributed by atoms with Crippen LogP contribution in [-0.2, 0) is 6.54 Å². The van der Waals surface area contributed by atoms with Gasteiger partial charge in [-0.05, 0) is 24.6 Å². The summed E-state index contributed by atoms with van der Waals surface area (Å²) in [5, 5.41) is 0. The SMILES string of the molecule is CCn1cc(-c2cccc(F)c2)c(=O)o1. The van der Waals surface area contributed by atoms with Gasteiger partial charge in [0, 0.05) is 0 Å². The fraction of sp³-hybridized carbons (Fsp3) is 0.182. The van der Waals surface area contributed by atoms with Crippen LogP contribution in [0, 0.1) is 5.82 Å². The molecule has 0 saturated heterocycles. The summed E-state index contributed by atoms with van der Waals surface area (Å²) in [5.41, 5.74) is 0.481. The highest BCUT2D eigenvalue weighted by Gasteiger charge is 2.08. The molecule has 1 aromatic heterocycles. The first-order chi connectivity index (χ1) is 7.20. The molecule has 78 valence electrons. The number of hydrogen-bond donors (Lipinski definition) is 0. The number of rotatable bonds is 2. The molecule has 0 aliphatic heterocycles. The highest BCUT2D eigenvalue weighted by molar-refractivity contribution is 5.60. The zero-order chi connectivity index (χ0) is 10.8. The third-order valence-corrected chi connectivity index (χ3v) is 2.14. The fourth-order valence-corrected chi connectivity index (χ4v) is 1.38. The first-order valence-electron chi connectivity index (χ1n) is 4.67. The number of halogens is 1. The standard InChI is InChI=1S/C11H10FNO2/c1-2-13-7-10(11(14)15-13)8-4-3-5-9(12)6-8/h3-7H,2H2,1H3. The first-order valence-corrected chi connectivity index (χ1v) is 4.67. The molecule has 1 aromatic carbocycles. The Balaban J connectivity index is 2.54. The third kappa shape index (κ3) is 1.83. The van der Waals surface area contributed by atoms with Crippen LogP contribution in [0.5, 0.6) is 0 Å². The Bertz CT molecular complexity index is 527. The van der Waals surface area contributed by atoms with Crippen molar-refractivity contribution in [2.45, 2.75) is 13.5 Å². The average Bonchev–Trinajstić information content (AvgIpc) is 2.60. The van der Waals surface area contributed by atoms with Crippen molar-refractivity contribution in [3.05, 3.63) is 46.7 Å². The maximum Gasteiger partial charge on any atom is 0.365 e. The molecule has 0 spiro atoms. The lowest BCUT2D eigenvalue weighted by Crippen LogP contribution is -1.96. The first kappa shape index (κ1) is 9.71.